The van der Waals surface area contributed by atoms with E-state index in [2.05, 4.69) is 26.1 Å². The van der Waals surface area contributed by atoms with Crippen molar-refractivity contribution in [2.24, 2.45) is 5.41 Å². The average molecular weight is 201 g/mol. The summed E-state index contributed by atoms with van der Waals surface area (Å²) in [5.74, 6) is 0. The topological polar surface area (TPSA) is 21.3 Å². The number of hydrogen-bond acceptors (Lipinski definition) is 2. The zero-order valence-electron chi connectivity index (χ0n) is 10.4. The van der Waals surface area contributed by atoms with Gasteiger partial charge in [-0.3, -0.25) is 0 Å². The van der Waals surface area contributed by atoms with E-state index in [-0.39, 0.29) is 0 Å². The zero-order chi connectivity index (χ0) is 10.9. The second-order valence-corrected chi connectivity index (χ2v) is 4.04. The lowest BCUT2D eigenvalue weighted by Crippen LogP contribution is -2.31. The van der Waals surface area contributed by atoms with Crippen LogP contribution < -0.4 is 5.32 Å². The van der Waals surface area contributed by atoms with Crippen LogP contribution in [0.25, 0.3) is 0 Å². The molecular weight excluding hydrogens is 174 g/mol. The third-order valence-corrected chi connectivity index (χ3v) is 3.25. The van der Waals surface area contributed by atoms with E-state index < -0.39 is 0 Å². The second kappa shape index (κ2) is 8.25. The second-order valence-electron chi connectivity index (χ2n) is 4.04. The van der Waals surface area contributed by atoms with E-state index in [0.29, 0.717) is 5.41 Å². The van der Waals surface area contributed by atoms with Crippen molar-refractivity contribution in [3.63, 3.8) is 0 Å². The van der Waals surface area contributed by atoms with Crippen LogP contribution in [0, 0.1) is 5.41 Å². The van der Waals surface area contributed by atoms with Crippen molar-refractivity contribution in [3.8, 4) is 0 Å². The molecule has 0 rings (SSSR count). The Morgan fingerprint density at radius 1 is 1.14 bits per heavy atom. The molecule has 0 unspecified atom stereocenters. The largest absolute Gasteiger partial charge is 0.382 e. The van der Waals surface area contributed by atoms with Gasteiger partial charge in [-0.05, 0) is 45.1 Å². The lowest BCUT2D eigenvalue weighted by molar-refractivity contribution is 0.123. The summed E-state index contributed by atoms with van der Waals surface area (Å²) in [6.45, 7) is 9.54. The summed E-state index contributed by atoms with van der Waals surface area (Å²) in [5, 5.41) is 3.31. The highest BCUT2D eigenvalue weighted by Gasteiger charge is 2.24. The minimum atomic E-state index is 0.492. The summed E-state index contributed by atoms with van der Waals surface area (Å²) >= 11 is 0. The fourth-order valence-electron chi connectivity index (χ4n) is 2.01. The van der Waals surface area contributed by atoms with E-state index in [1.54, 1.807) is 0 Å². The smallest absolute Gasteiger partial charge is 0.0466 e. The quantitative estimate of drug-likeness (QED) is 0.579. The normalized spacial score (nSPS) is 12.0. The maximum atomic E-state index is 5.38. The van der Waals surface area contributed by atoms with E-state index in [1.807, 2.05) is 7.05 Å². The number of nitrogens with one attached hydrogen (secondary N) is 1. The standard InChI is InChI=1S/C12H27NO/c1-5-12(6-2,11-13-4)9-8-10-14-7-3/h13H,5-11H2,1-4H3. The van der Waals surface area contributed by atoms with Crippen LogP contribution in [0.3, 0.4) is 0 Å². The van der Waals surface area contributed by atoms with E-state index in [9.17, 15) is 0 Å². The lowest BCUT2D eigenvalue weighted by Gasteiger charge is -2.31. The first-order valence-corrected chi connectivity index (χ1v) is 5.97. The van der Waals surface area contributed by atoms with Gasteiger partial charge in [-0.15, -0.1) is 0 Å². The van der Waals surface area contributed by atoms with Crippen LogP contribution in [-0.4, -0.2) is 26.8 Å². The summed E-state index contributed by atoms with van der Waals surface area (Å²) in [5.41, 5.74) is 0.492. The molecule has 2 nitrogen and oxygen atoms in total. The maximum Gasteiger partial charge on any atom is 0.0466 e. The summed E-state index contributed by atoms with van der Waals surface area (Å²) in [4.78, 5) is 0. The Hall–Kier alpha value is -0.0800. The van der Waals surface area contributed by atoms with Gasteiger partial charge in [0.05, 0.1) is 0 Å². The van der Waals surface area contributed by atoms with Gasteiger partial charge in [0.15, 0.2) is 0 Å². The molecule has 0 heterocycles. The van der Waals surface area contributed by atoms with Gasteiger partial charge in [0, 0.05) is 19.8 Å². The molecule has 0 fully saturated rings. The van der Waals surface area contributed by atoms with Crippen LogP contribution in [0.15, 0.2) is 0 Å². The van der Waals surface area contributed by atoms with Crippen molar-refractivity contribution in [3.05, 3.63) is 0 Å². The van der Waals surface area contributed by atoms with Crippen molar-refractivity contribution in [1.29, 1.82) is 0 Å². The highest BCUT2D eigenvalue weighted by molar-refractivity contribution is 4.78. The molecule has 1 N–H and O–H groups in total. The lowest BCUT2D eigenvalue weighted by atomic mass is 9.78. The Morgan fingerprint density at radius 2 is 1.79 bits per heavy atom. The van der Waals surface area contributed by atoms with Gasteiger partial charge in [0.1, 0.15) is 0 Å². The van der Waals surface area contributed by atoms with Gasteiger partial charge in [-0.1, -0.05) is 13.8 Å². The van der Waals surface area contributed by atoms with Crippen molar-refractivity contribution >= 4 is 0 Å². The molecule has 0 bridgehead atoms. The predicted octanol–water partition coefficient (Wildman–Crippen LogP) is 2.83. The zero-order valence-corrected chi connectivity index (χ0v) is 10.4. The Kier molecular flexibility index (Phi) is 8.20. The van der Waals surface area contributed by atoms with Gasteiger partial charge < -0.3 is 10.1 Å². The highest BCUT2D eigenvalue weighted by atomic mass is 16.5. The Balaban J connectivity index is 3.82. The number of rotatable bonds is 9. The summed E-state index contributed by atoms with van der Waals surface area (Å²) < 4.78 is 5.38. The molecule has 0 aliphatic heterocycles. The van der Waals surface area contributed by atoms with Crippen molar-refractivity contribution in [1.82, 2.24) is 5.32 Å². The molecule has 0 atom stereocenters. The predicted molar refractivity (Wildman–Crippen MR) is 62.7 cm³/mol. The van der Waals surface area contributed by atoms with Crippen LogP contribution in [0.4, 0.5) is 0 Å². The molecule has 0 aromatic carbocycles. The molecule has 0 aromatic rings. The molecule has 0 saturated carbocycles. The monoisotopic (exact) mass is 201 g/mol. The molecule has 0 spiro atoms. The van der Waals surface area contributed by atoms with Gasteiger partial charge in [0.25, 0.3) is 0 Å². The first-order valence-electron chi connectivity index (χ1n) is 5.97. The van der Waals surface area contributed by atoms with Gasteiger partial charge >= 0.3 is 0 Å². The minimum absolute atomic E-state index is 0.492. The molecule has 0 aliphatic carbocycles. The highest BCUT2D eigenvalue weighted by Crippen LogP contribution is 2.31. The van der Waals surface area contributed by atoms with Gasteiger partial charge in [-0.2, -0.15) is 0 Å². The summed E-state index contributed by atoms with van der Waals surface area (Å²) in [6, 6.07) is 0. The summed E-state index contributed by atoms with van der Waals surface area (Å²) in [7, 11) is 2.04. The molecular formula is C12H27NO. The maximum absolute atomic E-state index is 5.38. The van der Waals surface area contributed by atoms with Crippen LogP contribution in [0.2, 0.25) is 0 Å². The molecule has 0 radical (unpaired) electrons. The van der Waals surface area contributed by atoms with Crippen molar-refractivity contribution < 1.29 is 4.74 Å². The summed E-state index contributed by atoms with van der Waals surface area (Å²) in [6.07, 6.45) is 4.99. The van der Waals surface area contributed by atoms with Crippen molar-refractivity contribution in [2.75, 3.05) is 26.8 Å². The van der Waals surface area contributed by atoms with Crippen LogP contribution >= 0.6 is 0 Å². The Bertz CT molecular complexity index is 121. The number of hydrogen-bond donors (Lipinski definition) is 1. The molecule has 0 saturated heterocycles. The SMILES string of the molecule is CCOCCCC(CC)(CC)CNC. The molecule has 2 heteroatoms. The third-order valence-electron chi connectivity index (χ3n) is 3.25. The van der Waals surface area contributed by atoms with Gasteiger partial charge in [-0.25, -0.2) is 0 Å². The van der Waals surface area contributed by atoms with E-state index in [4.69, 9.17) is 4.74 Å². The van der Waals surface area contributed by atoms with Gasteiger partial charge in [0.2, 0.25) is 0 Å². The van der Waals surface area contributed by atoms with E-state index >= 15 is 0 Å². The Labute approximate surface area is 89.4 Å². The van der Waals surface area contributed by atoms with Crippen LogP contribution in [0.5, 0.6) is 0 Å². The molecule has 14 heavy (non-hydrogen) atoms. The molecule has 86 valence electrons. The Morgan fingerprint density at radius 3 is 2.21 bits per heavy atom. The van der Waals surface area contributed by atoms with E-state index in [0.717, 1.165) is 19.8 Å². The average Bonchev–Trinajstić information content (AvgIpc) is 2.23. The first-order chi connectivity index (χ1) is 6.74. The van der Waals surface area contributed by atoms with Crippen LogP contribution in [0.1, 0.15) is 46.5 Å². The fourth-order valence-corrected chi connectivity index (χ4v) is 2.01. The molecule has 0 aromatic heterocycles. The minimum Gasteiger partial charge on any atom is -0.382 e. The van der Waals surface area contributed by atoms with Crippen LogP contribution in [-0.2, 0) is 4.74 Å². The third kappa shape index (κ3) is 4.97. The molecule has 0 amide bonds. The first kappa shape index (κ1) is 13.9. The fraction of sp³-hybridized carbons (Fsp3) is 1.00. The van der Waals surface area contributed by atoms with Crippen molar-refractivity contribution in [2.45, 2.75) is 46.5 Å². The number of ether oxygens (including phenoxy) is 1. The van der Waals surface area contributed by atoms with E-state index in [1.165, 1.54) is 25.7 Å². The molecule has 0 aliphatic rings.